The molecule has 146 valence electrons. The summed E-state index contributed by atoms with van der Waals surface area (Å²) in [5.74, 6) is 0.217. The maximum atomic E-state index is 12.5. The van der Waals surface area contributed by atoms with Gasteiger partial charge in [0.1, 0.15) is 5.82 Å². The molecule has 0 spiro atoms. The monoisotopic (exact) mass is 405 g/mol. The van der Waals surface area contributed by atoms with Gasteiger partial charge in [-0.25, -0.2) is 14.6 Å². The highest BCUT2D eigenvalue weighted by Gasteiger charge is 2.16. The van der Waals surface area contributed by atoms with Crippen molar-refractivity contribution in [3.63, 3.8) is 0 Å². The highest BCUT2D eigenvalue weighted by Crippen LogP contribution is 2.22. The van der Waals surface area contributed by atoms with Crippen molar-refractivity contribution < 1.29 is 8.42 Å². The van der Waals surface area contributed by atoms with Gasteiger partial charge in [-0.2, -0.15) is 13.5 Å². The second-order valence-electron chi connectivity index (χ2n) is 6.56. The Kier molecular flexibility index (Phi) is 5.09. The van der Waals surface area contributed by atoms with Crippen LogP contribution in [0.25, 0.3) is 17.0 Å². The molecule has 0 saturated carbocycles. The number of rotatable bonds is 5. The molecule has 3 aromatic heterocycles. The van der Waals surface area contributed by atoms with E-state index in [0.717, 1.165) is 17.7 Å². The first kappa shape index (κ1) is 18.8. The molecule has 1 aliphatic carbocycles. The van der Waals surface area contributed by atoms with Gasteiger partial charge in [-0.1, -0.05) is 35.9 Å². The van der Waals surface area contributed by atoms with E-state index in [1.807, 2.05) is 24.4 Å². The molecule has 0 aromatic carbocycles. The molecule has 29 heavy (non-hydrogen) atoms. The van der Waals surface area contributed by atoms with Crippen molar-refractivity contribution in [2.24, 2.45) is 0 Å². The minimum Gasteiger partial charge on any atom is -0.262 e. The Bertz CT molecular complexity index is 1220. The topological polar surface area (TPSA) is 89.8 Å². The van der Waals surface area contributed by atoms with Gasteiger partial charge in [0, 0.05) is 18.0 Å². The predicted octanol–water partition coefficient (Wildman–Crippen LogP) is 3.89. The van der Waals surface area contributed by atoms with E-state index in [0.29, 0.717) is 5.69 Å². The number of sulfonamides is 1. The Morgan fingerprint density at radius 2 is 2.03 bits per heavy atom. The first-order chi connectivity index (χ1) is 14.0. The van der Waals surface area contributed by atoms with Gasteiger partial charge in [0.25, 0.3) is 10.0 Å². The Hall–Kier alpha value is -3.52. The highest BCUT2D eigenvalue weighted by molar-refractivity contribution is 7.92. The minimum absolute atomic E-state index is 0.0592. The summed E-state index contributed by atoms with van der Waals surface area (Å²) < 4.78 is 29.2. The van der Waals surface area contributed by atoms with E-state index in [2.05, 4.69) is 38.9 Å². The van der Waals surface area contributed by atoms with Crippen LogP contribution in [0, 0.1) is 0 Å². The zero-order chi connectivity index (χ0) is 20.3. The summed E-state index contributed by atoms with van der Waals surface area (Å²) in [5, 5.41) is 4.36. The van der Waals surface area contributed by atoms with Crippen LogP contribution in [0.3, 0.4) is 0 Å². The number of pyridine rings is 2. The van der Waals surface area contributed by atoms with E-state index in [4.69, 9.17) is 0 Å². The molecular formula is C21H19N5O2S. The van der Waals surface area contributed by atoms with Crippen molar-refractivity contribution in [2.45, 2.75) is 18.4 Å². The molecule has 0 atom stereocenters. The lowest BCUT2D eigenvalue weighted by Gasteiger charge is -2.07. The Labute approximate surface area is 169 Å². The molecule has 1 aliphatic rings. The Morgan fingerprint density at radius 1 is 1.14 bits per heavy atom. The van der Waals surface area contributed by atoms with Crippen LogP contribution in [0.15, 0.2) is 89.9 Å². The summed E-state index contributed by atoms with van der Waals surface area (Å²) in [6.45, 7) is 2.08. The quantitative estimate of drug-likeness (QED) is 0.696. The van der Waals surface area contributed by atoms with E-state index in [-0.39, 0.29) is 10.8 Å². The SMILES string of the molecule is CC1=CC=CC(n2cc(-c3cccc(NS(=O)(=O)c4ccccn4)n3)cn2)=CC1. The molecule has 0 radical (unpaired) electrons. The summed E-state index contributed by atoms with van der Waals surface area (Å²) in [7, 11) is -3.80. The number of aromatic nitrogens is 4. The number of hydrogen-bond acceptors (Lipinski definition) is 5. The van der Waals surface area contributed by atoms with Crippen molar-refractivity contribution in [2.75, 3.05) is 4.72 Å². The van der Waals surface area contributed by atoms with Gasteiger partial charge in [0.15, 0.2) is 5.03 Å². The van der Waals surface area contributed by atoms with E-state index in [1.54, 1.807) is 35.1 Å². The van der Waals surface area contributed by atoms with Gasteiger partial charge < -0.3 is 0 Å². The van der Waals surface area contributed by atoms with Crippen LogP contribution in [0.2, 0.25) is 0 Å². The fourth-order valence-corrected chi connectivity index (χ4v) is 3.78. The third kappa shape index (κ3) is 4.33. The van der Waals surface area contributed by atoms with Gasteiger partial charge in [0.2, 0.25) is 0 Å². The van der Waals surface area contributed by atoms with Gasteiger partial charge in [-0.05, 0) is 43.7 Å². The number of nitrogens with zero attached hydrogens (tertiary/aromatic N) is 4. The third-order valence-corrected chi connectivity index (χ3v) is 5.59. The van der Waals surface area contributed by atoms with Crippen LogP contribution in [0.1, 0.15) is 13.3 Å². The standard InChI is InChI=1S/C21H19N5O2S/c1-16-6-4-7-18(12-11-16)26-15-17(14-23-26)19-8-5-9-20(24-19)25-29(27,28)21-10-2-3-13-22-21/h2-10,12-15H,11H2,1H3,(H,24,25). The summed E-state index contributed by atoms with van der Waals surface area (Å²) in [6.07, 6.45) is 14.1. The Balaban J connectivity index is 1.58. The van der Waals surface area contributed by atoms with Gasteiger partial charge in [0.05, 0.1) is 17.6 Å². The smallest absolute Gasteiger partial charge is 0.262 e. The van der Waals surface area contributed by atoms with Gasteiger partial charge in [-0.15, -0.1) is 0 Å². The zero-order valence-electron chi connectivity index (χ0n) is 15.7. The minimum atomic E-state index is -3.80. The van der Waals surface area contributed by atoms with Gasteiger partial charge >= 0.3 is 0 Å². The molecule has 8 heteroatoms. The Morgan fingerprint density at radius 3 is 2.86 bits per heavy atom. The zero-order valence-corrected chi connectivity index (χ0v) is 16.5. The molecule has 4 rings (SSSR count). The fourth-order valence-electron chi connectivity index (χ4n) is 2.83. The number of allylic oxidation sites excluding steroid dienone is 6. The average Bonchev–Trinajstić information content (AvgIpc) is 3.11. The average molecular weight is 405 g/mol. The van der Waals surface area contributed by atoms with E-state index >= 15 is 0 Å². The molecule has 0 amide bonds. The number of hydrogen-bond donors (Lipinski definition) is 1. The largest absolute Gasteiger partial charge is 0.280 e. The maximum absolute atomic E-state index is 12.5. The van der Waals surface area contributed by atoms with Gasteiger partial charge in [-0.3, -0.25) is 4.72 Å². The first-order valence-corrected chi connectivity index (χ1v) is 10.5. The fraction of sp³-hybridized carbons (Fsp3) is 0.0952. The lowest BCUT2D eigenvalue weighted by molar-refractivity contribution is 0.597. The molecule has 3 heterocycles. The van der Waals surface area contributed by atoms with Crippen LogP contribution in [0.5, 0.6) is 0 Å². The lowest BCUT2D eigenvalue weighted by Crippen LogP contribution is -2.15. The predicted molar refractivity (Wildman–Crippen MR) is 112 cm³/mol. The van der Waals surface area contributed by atoms with Crippen LogP contribution in [0.4, 0.5) is 5.82 Å². The molecule has 0 aliphatic heterocycles. The van der Waals surface area contributed by atoms with Crippen molar-refractivity contribution in [3.8, 4) is 11.3 Å². The molecule has 1 N–H and O–H groups in total. The van der Waals surface area contributed by atoms with E-state index < -0.39 is 10.0 Å². The summed E-state index contributed by atoms with van der Waals surface area (Å²) in [4.78, 5) is 8.31. The summed E-state index contributed by atoms with van der Waals surface area (Å²) >= 11 is 0. The van der Waals surface area contributed by atoms with Crippen molar-refractivity contribution in [1.82, 2.24) is 19.7 Å². The molecule has 7 nitrogen and oxygen atoms in total. The molecule has 0 saturated heterocycles. The number of anilines is 1. The maximum Gasteiger partial charge on any atom is 0.280 e. The van der Waals surface area contributed by atoms with Crippen LogP contribution in [-0.4, -0.2) is 28.2 Å². The second kappa shape index (κ2) is 7.84. The van der Waals surface area contributed by atoms with Crippen LogP contribution >= 0.6 is 0 Å². The second-order valence-corrected chi connectivity index (χ2v) is 8.19. The molecule has 0 bridgehead atoms. The number of nitrogens with one attached hydrogen (secondary N) is 1. The highest BCUT2D eigenvalue weighted by atomic mass is 32.2. The molecular weight excluding hydrogens is 386 g/mol. The summed E-state index contributed by atoms with van der Waals surface area (Å²) in [5.41, 5.74) is 3.65. The molecule has 0 fully saturated rings. The molecule has 3 aromatic rings. The molecule has 0 unspecified atom stereocenters. The van der Waals surface area contributed by atoms with Crippen LogP contribution < -0.4 is 4.72 Å². The van der Waals surface area contributed by atoms with E-state index in [9.17, 15) is 8.42 Å². The normalized spacial score (nSPS) is 14.1. The summed E-state index contributed by atoms with van der Waals surface area (Å²) in [6, 6.07) is 9.86. The van der Waals surface area contributed by atoms with Crippen molar-refractivity contribution in [1.29, 1.82) is 0 Å². The van der Waals surface area contributed by atoms with Crippen LogP contribution in [-0.2, 0) is 10.0 Å². The lowest BCUT2D eigenvalue weighted by atomic mass is 10.2. The third-order valence-electron chi connectivity index (χ3n) is 4.32. The van der Waals surface area contributed by atoms with Crippen molar-refractivity contribution >= 4 is 21.5 Å². The first-order valence-electron chi connectivity index (χ1n) is 9.02. The van der Waals surface area contributed by atoms with E-state index in [1.165, 1.54) is 17.8 Å². The van der Waals surface area contributed by atoms with Crippen molar-refractivity contribution in [3.05, 3.63) is 84.9 Å².